The molecule has 100 valence electrons. The van der Waals surface area contributed by atoms with E-state index < -0.39 is 5.60 Å². The zero-order valence-corrected chi connectivity index (χ0v) is 11.7. The first-order valence-corrected chi connectivity index (χ1v) is 6.55. The summed E-state index contributed by atoms with van der Waals surface area (Å²) in [6.07, 6.45) is 0.921. The van der Waals surface area contributed by atoms with Crippen LogP contribution in [0.4, 0.5) is 4.79 Å². The number of ether oxygens (including phenoxy) is 1. The van der Waals surface area contributed by atoms with E-state index in [1.165, 1.54) is 0 Å². The molecule has 1 rings (SSSR count). The van der Waals surface area contributed by atoms with Crippen molar-refractivity contribution in [3.63, 3.8) is 0 Å². The zero-order chi connectivity index (χ0) is 13.1. The van der Waals surface area contributed by atoms with Gasteiger partial charge in [0.15, 0.2) is 0 Å². The van der Waals surface area contributed by atoms with Crippen molar-refractivity contribution in [2.24, 2.45) is 5.92 Å². The lowest BCUT2D eigenvalue weighted by molar-refractivity contribution is 0.00886. The van der Waals surface area contributed by atoms with Crippen molar-refractivity contribution in [3.8, 4) is 0 Å². The summed E-state index contributed by atoms with van der Waals surface area (Å²) in [5.41, 5.74) is -0.421. The summed E-state index contributed by atoms with van der Waals surface area (Å²) < 4.78 is 5.45. The molecule has 0 aromatic rings. The van der Waals surface area contributed by atoms with E-state index in [1.54, 1.807) is 0 Å². The summed E-state index contributed by atoms with van der Waals surface area (Å²) in [6.45, 7) is 12.5. The van der Waals surface area contributed by atoms with Crippen LogP contribution >= 0.6 is 0 Å². The van der Waals surface area contributed by atoms with Gasteiger partial charge in [0.05, 0.1) is 6.04 Å². The Hall–Kier alpha value is -0.770. The highest BCUT2D eigenvalue weighted by atomic mass is 16.6. The van der Waals surface area contributed by atoms with Crippen LogP contribution in [0.25, 0.3) is 0 Å². The maximum absolute atomic E-state index is 12.1. The molecule has 2 atom stereocenters. The van der Waals surface area contributed by atoms with Crippen LogP contribution in [0.3, 0.4) is 0 Å². The van der Waals surface area contributed by atoms with Crippen molar-refractivity contribution >= 4 is 6.09 Å². The molecule has 0 bridgehead atoms. The highest BCUT2D eigenvalue weighted by Crippen LogP contribution is 2.20. The molecule has 1 aliphatic rings. The van der Waals surface area contributed by atoms with Crippen molar-refractivity contribution in [2.75, 3.05) is 19.6 Å². The molecule has 4 nitrogen and oxygen atoms in total. The average molecular weight is 242 g/mol. The predicted molar refractivity (Wildman–Crippen MR) is 69.1 cm³/mol. The second kappa shape index (κ2) is 5.71. The SMILES string of the molecule is CCN(C(=O)OC(C)(C)C)[C@H]1CNCC[C@H]1C. The molecule has 0 aromatic carbocycles. The Balaban J connectivity index is 2.66. The molecular formula is C13H26N2O2. The molecular weight excluding hydrogens is 216 g/mol. The highest BCUT2D eigenvalue weighted by molar-refractivity contribution is 5.68. The Morgan fingerprint density at radius 1 is 1.47 bits per heavy atom. The summed E-state index contributed by atoms with van der Waals surface area (Å²) in [5.74, 6) is 0.531. The zero-order valence-electron chi connectivity index (χ0n) is 11.7. The van der Waals surface area contributed by atoms with Crippen molar-refractivity contribution in [3.05, 3.63) is 0 Å². The standard InChI is InChI=1S/C13H26N2O2/c1-6-15(12(16)17-13(3,4)5)11-9-14-8-7-10(11)2/h10-11,14H,6-9H2,1-5H3/t10-,11+/m1/s1. The van der Waals surface area contributed by atoms with E-state index in [9.17, 15) is 4.79 Å². The number of carbonyl (C=O) groups excluding carboxylic acids is 1. The van der Waals surface area contributed by atoms with Gasteiger partial charge in [0.2, 0.25) is 0 Å². The summed E-state index contributed by atoms with van der Waals surface area (Å²) in [5, 5.41) is 3.35. The van der Waals surface area contributed by atoms with Gasteiger partial charge in [-0.3, -0.25) is 0 Å². The first-order chi connectivity index (χ1) is 7.85. The number of piperidine rings is 1. The summed E-state index contributed by atoms with van der Waals surface area (Å²) in [7, 11) is 0. The fourth-order valence-electron chi connectivity index (χ4n) is 2.21. The molecule has 1 N–H and O–H groups in total. The number of hydrogen-bond acceptors (Lipinski definition) is 3. The normalized spacial score (nSPS) is 25.5. The van der Waals surface area contributed by atoms with Crippen molar-refractivity contribution in [1.29, 1.82) is 0 Å². The molecule has 0 saturated carbocycles. The van der Waals surface area contributed by atoms with Gasteiger partial charge in [-0.05, 0) is 46.6 Å². The Morgan fingerprint density at radius 2 is 2.12 bits per heavy atom. The lowest BCUT2D eigenvalue weighted by Gasteiger charge is -2.38. The highest BCUT2D eigenvalue weighted by Gasteiger charge is 2.31. The molecule has 0 aromatic heterocycles. The van der Waals surface area contributed by atoms with Gasteiger partial charge in [0, 0.05) is 13.1 Å². The maximum Gasteiger partial charge on any atom is 0.410 e. The third kappa shape index (κ3) is 4.19. The Kier molecular flexibility index (Phi) is 4.80. The average Bonchev–Trinajstić information content (AvgIpc) is 2.19. The monoisotopic (exact) mass is 242 g/mol. The van der Waals surface area contributed by atoms with Gasteiger partial charge in [0.1, 0.15) is 5.60 Å². The molecule has 1 heterocycles. The van der Waals surface area contributed by atoms with Gasteiger partial charge < -0.3 is 15.0 Å². The van der Waals surface area contributed by atoms with Crippen LogP contribution in [0.5, 0.6) is 0 Å². The van der Waals surface area contributed by atoms with Crippen LogP contribution in [-0.2, 0) is 4.74 Å². The lowest BCUT2D eigenvalue weighted by Crippen LogP contribution is -2.53. The largest absolute Gasteiger partial charge is 0.444 e. The summed E-state index contributed by atoms with van der Waals surface area (Å²) in [6, 6.07) is 0.253. The van der Waals surface area contributed by atoms with Crippen LogP contribution in [0.1, 0.15) is 41.0 Å². The van der Waals surface area contributed by atoms with Crippen LogP contribution in [-0.4, -0.2) is 42.3 Å². The quantitative estimate of drug-likeness (QED) is 0.807. The van der Waals surface area contributed by atoms with Crippen LogP contribution < -0.4 is 5.32 Å². The van der Waals surface area contributed by atoms with E-state index in [2.05, 4.69) is 12.2 Å². The molecule has 1 amide bonds. The van der Waals surface area contributed by atoms with E-state index in [0.29, 0.717) is 12.5 Å². The minimum atomic E-state index is -0.421. The van der Waals surface area contributed by atoms with Crippen LogP contribution in [0.15, 0.2) is 0 Å². The minimum Gasteiger partial charge on any atom is -0.444 e. The topological polar surface area (TPSA) is 41.6 Å². The number of nitrogens with zero attached hydrogens (tertiary/aromatic N) is 1. The third-order valence-corrected chi connectivity index (χ3v) is 3.16. The fraction of sp³-hybridized carbons (Fsp3) is 0.923. The van der Waals surface area contributed by atoms with E-state index in [1.807, 2.05) is 32.6 Å². The Bertz CT molecular complexity index is 261. The summed E-state index contributed by atoms with van der Waals surface area (Å²) >= 11 is 0. The Labute approximate surface area is 105 Å². The minimum absolute atomic E-state index is 0.194. The maximum atomic E-state index is 12.1. The van der Waals surface area contributed by atoms with Crippen LogP contribution in [0.2, 0.25) is 0 Å². The molecule has 4 heteroatoms. The molecule has 0 radical (unpaired) electrons. The Morgan fingerprint density at radius 3 is 2.59 bits per heavy atom. The van der Waals surface area contributed by atoms with Crippen molar-refractivity contribution < 1.29 is 9.53 Å². The van der Waals surface area contributed by atoms with Gasteiger partial charge in [0.25, 0.3) is 0 Å². The van der Waals surface area contributed by atoms with Gasteiger partial charge in [-0.1, -0.05) is 6.92 Å². The fourth-order valence-corrected chi connectivity index (χ4v) is 2.21. The van der Waals surface area contributed by atoms with E-state index >= 15 is 0 Å². The van der Waals surface area contributed by atoms with Crippen molar-refractivity contribution in [2.45, 2.75) is 52.7 Å². The third-order valence-electron chi connectivity index (χ3n) is 3.16. The number of likely N-dealkylation sites (N-methyl/N-ethyl adjacent to an activating group) is 1. The summed E-state index contributed by atoms with van der Waals surface area (Å²) in [4.78, 5) is 14.0. The number of rotatable bonds is 2. The number of nitrogens with one attached hydrogen (secondary N) is 1. The number of hydrogen-bond donors (Lipinski definition) is 1. The molecule has 17 heavy (non-hydrogen) atoms. The van der Waals surface area contributed by atoms with Gasteiger partial charge in [-0.2, -0.15) is 0 Å². The molecule has 1 aliphatic heterocycles. The van der Waals surface area contributed by atoms with Crippen molar-refractivity contribution in [1.82, 2.24) is 10.2 Å². The second-order valence-corrected chi connectivity index (χ2v) is 5.80. The molecule has 1 fully saturated rings. The van der Waals surface area contributed by atoms with E-state index in [0.717, 1.165) is 19.5 Å². The first kappa shape index (κ1) is 14.3. The van der Waals surface area contributed by atoms with Gasteiger partial charge in [-0.25, -0.2) is 4.79 Å². The molecule has 0 spiro atoms. The molecule has 0 aliphatic carbocycles. The number of amides is 1. The van der Waals surface area contributed by atoms with E-state index in [-0.39, 0.29) is 12.1 Å². The first-order valence-electron chi connectivity index (χ1n) is 6.55. The molecule has 1 saturated heterocycles. The van der Waals surface area contributed by atoms with E-state index in [4.69, 9.17) is 4.74 Å². The predicted octanol–water partition coefficient (Wildman–Crippen LogP) is 2.24. The van der Waals surface area contributed by atoms with Gasteiger partial charge >= 0.3 is 6.09 Å². The smallest absolute Gasteiger partial charge is 0.410 e. The second-order valence-electron chi connectivity index (χ2n) is 5.80. The van der Waals surface area contributed by atoms with Gasteiger partial charge in [-0.15, -0.1) is 0 Å². The number of carbonyl (C=O) groups is 1. The molecule has 0 unspecified atom stereocenters. The van der Waals surface area contributed by atoms with Crippen LogP contribution in [0, 0.1) is 5.92 Å². The lowest BCUT2D eigenvalue weighted by atomic mass is 9.93.